The first-order valence-corrected chi connectivity index (χ1v) is 21.2. The van der Waals surface area contributed by atoms with Gasteiger partial charge in [-0.15, -0.1) is 21.9 Å². The molecular weight excluding hydrogens is 820 g/mol. The highest BCUT2D eigenvalue weighted by atomic mass is 16.3. The summed E-state index contributed by atoms with van der Waals surface area (Å²) >= 11 is 0. The molecule has 0 saturated heterocycles. The molecule has 0 amide bonds. The first-order chi connectivity index (χ1) is 32.7. The molecule has 68 heavy (non-hydrogen) atoms. The van der Waals surface area contributed by atoms with Crippen LogP contribution in [0.3, 0.4) is 0 Å². The van der Waals surface area contributed by atoms with Crippen molar-refractivity contribution in [1.29, 1.82) is 0 Å². The molecule has 3 aromatic heterocycles. The Bertz CT molecular complexity index is 3870. The van der Waals surface area contributed by atoms with E-state index in [2.05, 4.69) is 6.07 Å². The lowest BCUT2D eigenvalue weighted by atomic mass is 9.61. The molecule has 0 saturated carbocycles. The van der Waals surface area contributed by atoms with E-state index in [0.29, 0.717) is 56.1 Å². The van der Waals surface area contributed by atoms with Crippen LogP contribution in [0.2, 0.25) is 0 Å². The van der Waals surface area contributed by atoms with Crippen molar-refractivity contribution >= 4 is 190 Å². The molecule has 0 fully saturated rings. The largest absolute Gasteiger partial charge is 0.508 e. The van der Waals surface area contributed by atoms with E-state index in [1.165, 1.54) is 0 Å². The maximum Gasteiger partial charge on any atom is 0.164 e. The normalized spacial score (nSPS) is 11.6. The molecule has 0 aliphatic heterocycles. The van der Waals surface area contributed by atoms with Gasteiger partial charge in [0.1, 0.15) is 103 Å². The minimum absolute atomic E-state index is 0.0190. The highest BCUT2D eigenvalue weighted by molar-refractivity contribution is 6.70. The van der Waals surface area contributed by atoms with Crippen LogP contribution in [0.15, 0.2) is 126 Å². The van der Waals surface area contributed by atoms with Crippen molar-refractivity contribution in [3.8, 4) is 67.9 Å². The summed E-state index contributed by atoms with van der Waals surface area (Å²) in [6, 6.07) is 39.1. The second kappa shape index (κ2) is 16.3. The second-order valence-corrected chi connectivity index (χ2v) is 16.5. The lowest BCUT2D eigenvalue weighted by molar-refractivity contribution is 0.482. The van der Waals surface area contributed by atoms with Crippen molar-refractivity contribution in [3.63, 3.8) is 0 Å². The van der Waals surface area contributed by atoms with E-state index in [9.17, 15) is 5.11 Å². The summed E-state index contributed by atoms with van der Waals surface area (Å²) in [7, 11) is 72.6. The fourth-order valence-corrected chi connectivity index (χ4v) is 9.23. The zero-order chi connectivity index (χ0) is 47.4. The SMILES string of the molecule is [B]c1c([B])c([B])c(-c2c([B])c([B])c3c(c2[B])c2c([B])c([B])c([B])c([B])c2n3-c2cccc(-c3ccc4oc5cccc(-c6nc(-c7ccccc7)nc(-c7ccccc7)n6)c5c4c3)c2)c(O)c1[B]. The number of phenols is 1. The lowest BCUT2D eigenvalue weighted by Gasteiger charge is -2.24. The number of phenolic OH excluding ortho intramolecular Hbond substituents is 1. The third-order valence-electron chi connectivity index (χ3n) is 12.7. The van der Waals surface area contributed by atoms with Gasteiger partial charge in [0.25, 0.3) is 0 Å². The Morgan fingerprint density at radius 2 is 0.897 bits per heavy atom. The molecule has 0 unspecified atom stereocenters. The summed E-state index contributed by atoms with van der Waals surface area (Å²) in [4.78, 5) is 14.9. The highest BCUT2D eigenvalue weighted by Crippen LogP contribution is 2.39. The zero-order valence-electron chi connectivity index (χ0n) is 36.0. The van der Waals surface area contributed by atoms with Crippen molar-refractivity contribution in [2.75, 3.05) is 0 Å². The van der Waals surface area contributed by atoms with Gasteiger partial charge in [-0.25, -0.2) is 15.0 Å². The molecule has 0 bridgehead atoms. The molecular formula is C51H21B11N4O2. The Morgan fingerprint density at radius 1 is 0.382 bits per heavy atom. The van der Waals surface area contributed by atoms with E-state index in [1.54, 1.807) is 4.57 Å². The predicted octanol–water partition coefficient (Wildman–Crippen LogP) is -0.359. The topological polar surface area (TPSA) is 77.0 Å². The molecule has 0 atom stereocenters. The first kappa shape index (κ1) is 43.5. The van der Waals surface area contributed by atoms with Crippen LogP contribution in [0, 0.1) is 0 Å². The summed E-state index contributed by atoms with van der Waals surface area (Å²) in [5, 5.41) is 13.7. The van der Waals surface area contributed by atoms with Crippen LogP contribution in [0.1, 0.15) is 0 Å². The molecule has 290 valence electrons. The average Bonchev–Trinajstić information content (AvgIpc) is 3.94. The Morgan fingerprint density at radius 3 is 1.56 bits per heavy atom. The quantitative estimate of drug-likeness (QED) is 0.232. The number of aromatic nitrogens is 4. The van der Waals surface area contributed by atoms with Crippen molar-refractivity contribution in [1.82, 2.24) is 19.5 Å². The van der Waals surface area contributed by atoms with Gasteiger partial charge in [0.05, 0.1) is 0 Å². The van der Waals surface area contributed by atoms with Crippen LogP contribution >= 0.6 is 0 Å². The van der Waals surface area contributed by atoms with Gasteiger partial charge in [-0.3, -0.25) is 0 Å². The number of hydrogen-bond acceptors (Lipinski definition) is 5. The Kier molecular flexibility index (Phi) is 10.4. The number of aromatic hydroxyl groups is 1. The van der Waals surface area contributed by atoms with E-state index >= 15 is 0 Å². The van der Waals surface area contributed by atoms with Crippen LogP contribution < -0.4 is 60.1 Å². The van der Waals surface area contributed by atoms with Gasteiger partial charge in [-0.1, -0.05) is 129 Å². The molecule has 8 aromatic carbocycles. The van der Waals surface area contributed by atoms with Gasteiger partial charge in [0, 0.05) is 55.1 Å². The van der Waals surface area contributed by atoms with Gasteiger partial charge in [0.15, 0.2) is 17.5 Å². The van der Waals surface area contributed by atoms with Crippen LogP contribution in [0.25, 0.3) is 106 Å². The maximum absolute atomic E-state index is 11.4. The Hall–Kier alpha value is -7.12. The van der Waals surface area contributed by atoms with Crippen molar-refractivity contribution in [3.05, 3.63) is 121 Å². The zero-order valence-corrected chi connectivity index (χ0v) is 36.0. The smallest absolute Gasteiger partial charge is 0.164 e. The minimum Gasteiger partial charge on any atom is -0.508 e. The second-order valence-electron chi connectivity index (χ2n) is 16.5. The van der Waals surface area contributed by atoms with Crippen LogP contribution in [0.5, 0.6) is 5.75 Å². The number of hydrogen-bond donors (Lipinski definition) is 1. The van der Waals surface area contributed by atoms with Crippen LogP contribution in [-0.2, 0) is 0 Å². The van der Waals surface area contributed by atoms with Crippen molar-refractivity contribution in [2.24, 2.45) is 0 Å². The molecule has 0 aliphatic rings. The van der Waals surface area contributed by atoms with Gasteiger partial charge in [-0.2, -0.15) is 0 Å². The van der Waals surface area contributed by atoms with Gasteiger partial charge < -0.3 is 14.1 Å². The number of benzene rings is 8. The summed E-state index contributed by atoms with van der Waals surface area (Å²) in [5.41, 5.74) is 6.48. The molecule has 0 spiro atoms. The summed E-state index contributed by atoms with van der Waals surface area (Å²) < 4.78 is 8.25. The van der Waals surface area contributed by atoms with Crippen molar-refractivity contribution < 1.29 is 9.52 Å². The number of rotatable bonds is 6. The molecule has 0 aliphatic carbocycles. The van der Waals surface area contributed by atoms with E-state index < -0.39 is 5.75 Å². The van der Waals surface area contributed by atoms with Crippen molar-refractivity contribution in [2.45, 2.75) is 0 Å². The van der Waals surface area contributed by atoms with Crippen LogP contribution in [-0.4, -0.2) is 111 Å². The molecule has 3 heterocycles. The number of nitrogens with zero attached hydrogens (tertiary/aromatic N) is 4. The monoisotopic (exact) mass is 842 g/mol. The highest BCUT2D eigenvalue weighted by Gasteiger charge is 2.27. The average molecular weight is 841 g/mol. The Labute approximate surface area is 406 Å². The third-order valence-corrected chi connectivity index (χ3v) is 12.7. The maximum atomic E-state index is 11.4. The van der Waals surface area contributed by atoms with E-state index in [-0.39, 0.29) is 71.2 Å². The lowest BCUT2D eigenvalue weighted by Crippen LogP contribution is -2.49. The fourth-order valence-electron chi connectivity index (χ4n) is 9.23. The first-order valence-electron chi connectivity index (χ1n) is 21.2. The fraction of sp³-hybridized carbons (Fsp3) is 0. The van der Waals surface area contributed by atoms with Gasteiger partial charge >= 0.3 is 0 Å². The summed E-state index contributed by atoms with van der Waals surface area (Å²) in [6.45, 7) is 0. The predicted molar refractivity (Wildman–Crippen MR) is 290 cm³/mol. The van der Waals surface area contributed by atoms with Gasteiger partial charge in [-0.05, 0) is 52.4 Å². The molecule has 11 aromatic rings. The molecule has 17 heteroatoms. The molecule has 22 radical (unpaired) electrons. The third kappa shape index (κ3) is 6.53. The molecule has 11 rings (SSSR count). The molecule has 6 nitrogen and oxygen atoms in total. The minimum atomic E-state index is -0.490. The van der Waals surface area contributed by atoms with Crippen LogP contribution in [0.4, 0.5) is 0 Å². The summed E-state index contributed by atoms with van der Waals surface area (Å²) in [6.07, 6.45) is 0. The number of fused-ring (bicyclic) bond motifs is 6. The Balaban J connectivity index is 1.13. The summed E-state index contributed by atoms with van der Waals surface area (Å²) in [5.74, 6) is 1.07. The molecule has 1 N–H and O–H groups in total. The number of furan rings is 1. The van der Waals surface area contributed by atoms with Gasteiger partial charge in [0.2, 0.25) is 0 Å². The van der Waals surface area contributed by atoms with E-state index in [4.69, 9.17) is 106 Å². The van der Waals surface area contributed by atoms with E-state index in [0.717, 1.165) is 38.6 Å². The van der Waals surface area contributed by atoms with E-state index in [1.807, 2.05) is 115 Å². The standard InChI is InChI=1S/C51H21B11N4O2/c52-35-31(34-38(55)40(57)42(59)45(62)48(34)67)36(53)43(60)46-32(35)33-37(54)39(56)41(58)44(61)47(33)66(46)25-14-7-13-23(19-25)24-17-18-28-27(20-24)30-26(15-8-16-29(30)68-28)51-64-49(21-9-3-1-4-10-21)63-50(65-51)22-11-5-2-6-12-22/h1-20,67H.